The molecule has 0 spiro atoms. The Bertz CT molecular complexity index is 1040. The molecule has 0 N–H and O–H groups in total. The van der Waals surface area contributed by atoms with Gasteiger partial charge in [0.1, 0.15) is 11.1 Å². The molecule has 32 heavy (non-hydrogen) atoms. The number of nitrogens with zero attached hydrogens (tertiary/aromatic N) is 2. The number of ether oxygens (including phenoxy) is 2. The van der Waals surface area contributed by atoms with E-state index in [1.54, 1.807) is 26.0 Å². The SMILES string of the molecule is COC(=O)CCS(=O)C1C(N2C(=O)c3ccccc3C2=O)C(=O)N1C(C(=O)OC)=C(C)C. The summed E-state index contributed by atoms with van der Waals surface area (Å²) >= 11 is 0. The van der Waals surface area contributed by atoms with Crippen molar-refractivity contribution in [2.45, 2.75) is 31.7 Å². The van der Waals surface area contributed by atoms with E-state index in [4.69, 9.17) is 4.74 Å². The van der Waals surface area contributed by atoms with Crippen LogP contribution in [0.2, 0.25) is 0 Å². The number of hydrogen-bond acceptors (Lipinski definition) is 8. The predicted octanol–water partition coefficient (Wildman–Crippen LogP) is 0.598. The molecule has 11 heteroatoms. The average Bonchev–Trinajstić information content (AvgIpc) is 3.02. The number of carbonyl (C=O) groups excluding carboxylic acids is 5. The van der Waals surface area contributed by atoms with Gasteiger partial charge in [0.15, 0.2) is 6.04 Å². The van der Waals surface area contributed by atoms with Crippen LogP contribution in [0.25, 0.3) is 0 Å². The second kappa shape index (κ2) is 9.03. The molecule has 3 atom stereocenters. The third kappa shape index (κ3) is 3.72. The van der Waals surface area contributed by atoms with Crippen molar-refractivity contribution in [1.82, 2.24) is 9.80 Å². The molecule has 2 aliphatic rings. The molecule has 3 unspecified atom stereocenters. The van der Waals surface area contributed by atoms with Crippen LogP contribution in [0.5, 0.6) is 0 Å². The monoisotopic (exact) mass is 462 g/mol. The quantitative estimate of drug-likeness (QED) is 0.249. The van der Waals surface area contributed by atoms with Crippen LogP contribution in [0, 0.1) is 0 Å². The zero-order valence-corrected chi connectivity index (χ0v) is 18.8. The molecular formula is C21H22N2O8S. The predicted molar refractivity (Wildman–Crippen MR) is 111 cm³/mol. The summed E-state index contributed by atoms with van der Waals surface area (Å²) in [5.41, 5.74) is 0.569. The number of amides is 3. The van der Waals surface area contributed by atoms with Crippen molar-refractivity contribution in [2.24, 2.45) is 0 Å². The van der Waals surface area contributed by atoms with Gasteiger partial charge in [0, 0.05) is 16.6 Å². The molecule has 1 saturated heterocycles. The van der Waals surface area contributed by atoms with E-state index in [0.717, 1.165) is 16.9 Å². The molecule has 1 aromatic rings. The van der Waals surface area contributed by atoms with Crippen LogP contribution in [0.4, 0.5) is 0 Å². The van der Waals surface area contributed by atoms with E-state index >= 15 is 0 Å². The zero-order valence-electron chi connectivity index (χ0n) is 17.9. The Morgan fingerprint density at radius 2 is 1.56 bits per heavy atom. The summed E-state index contributed by atoms with van der Waals surface area (Å²) in [4.78, 5) is 64.7. The van der Waals surface area contributed by atoms with Gasteiger partial charge in [0.05, 0.1) is 31.8 Å². The highest BCUT2D eigenvalue weighted by molar-refractivity contribution is 7.85. The second-order valence-electron chi connectivity index (χ2n) is 7.32. The van der Waals surface area contributed by atoms with Crippen LogP contribution in [-0.2, 0) is 34.7 Å². The molecule has 3 rings (SSSR count). The fraction of sp³-hybridized carbons (Fsp3) is 0.381. The van der Waals surface area contributed by atoms with E-state index in [1.807, 2.05) is 0 Å². The summed E-state index contributed by atoms with van der Waals surface area (Å²) in [6.07, 6.45) is -0.209. The second-order valence-corrected chi connectivity index (χ2v) is 8.97. The molecule has 0 aromatic heterocycles. The molecule has 0 bridgehead atoms. The van der Waals surface area contributed by atoms with E-state index in [2.05, 4.69) is 4.74 Å². The maximum atomic E-state index is 13.2. The number of β-lactam (4-membered cyclic amide) rings is 1. The van der Waals surface area contributed by atoms with Gasteiger partial charge in [-0.15, -0.1) is 0 Å². The van der Waals surface area contributed by atoms with Crippen molar-refractivity contribution in [3.63, 3.8) is 0 Å². The number of benzene rings is 1. The topological polar surface area (TPSA) is 127 Å². The van der Waals surface area contributed by atoms with Gasteiger partial charge in [-0.1, -0.05) is 12.1 Å². The Labute approximate surface area is 186 Å². The van der Waals surface area contributed by atoms with Gasteiger partial charge < -0.3 is 9.47 Å². The Kier molecular flexibility index (Phi) is 6.58. The normalized spacial score (nSPS) is 20.4. The lowest BCUT2D eigenvalue weighted by Crippen LogP contribution is -2.73. The lowest BCUT2D eigenvalue weighted by molar-refractivity contribution is -0.153. The van der Waals surface area contributed by atoms with Gasteiger partial charge in [-0.05, 0) is 31.6 Å². The lowest BCUT2D eigenvalue weighted by atomic mass is 10.0. The zero-order chi connectivity index (χ0) is 23.7. The summed E-state index contributed by atoms with van der Waals surface area (Å²) in [7, 11) is 0.413. The van der Waals surface area contributed by atoms with Crippen molar-refractivity contribution in [3.05, 3.63) is 46.7 Å². The lowest BCUT2D eigenvalue weighted by Gasteiger charge is -2.49. The van der Waals surface area contributed by atoms with Gasteiger partial charge >= 0.3 is 11.9 Å². The van der Waals surface area contributed by atoms with Crippen molar-refractivity contribution < 1.29 is 37.7 Å². The number of methoxy groups -OCH3 is 2. The third-order valence-corrected chi connectivity index (χ3v) is 6.83. The van der Waals surface area contributed by atoms with Crippen molar-refractivity contribution in [2.75, 3.05) is 20.0 Å². The van der Waals surface area contributed by atoms with Gasteiger partial charge in [-0.2, -0.15) is 0 Å². The summed E-state index contributed by atoms with van der Waals surface area (Å²) < 4.78 is 22.5. The largest absolute Gasteiger partial charge is 0.469 e. The minimum atomic E-state index is -1.91. The third-order valence-electron chi connectivity index (χ3n) is 5.22. The maximum absolute atomic E-state index is 13.2. The number of hydrogen-bond donors (Lipinski definition) is 0. The Balaban J connectivity index is 2.01. The number of fused-ring (bicyclic) bond motifs is 1. The Morgan fingerprint density at radius 1 is 1.00 bits per heavy atom. The summed E-state index contributed by atoms with van der Waals surface area (Å²) in [5, 5.41) is -1.22. The first-order valence-electron chi connectivity index (χ1n) is 9.65. The molecule has 2 heterocycles. The number of carbonyl (C=O) groups is 5. The van der Waals surface area contributed by atoms with Crippen LogP contribution in [0.15, 0.2) is 35.5 Å². The molecule has 10 nitrogen and oxygen atoms in total. The van der Waals surface area contributed by atoms with Crippen molar-refractivity contribution in [1.29, 1.82) is 0 Å². The highest BCUT2D eigenvalue weighted by atomic mass is 32.2. The summed E-state index contributed by atoms with van der Waals surface area (Å²) in [5.74, 6) is -3.74. The number of imide groups is 1. The first-order valence-corrected chi connectivity index (χ1v) is 11.0. The van der Waals surface area contributed by atoms with E-state index in [-0.39, 0.29) is 29.0 Å². The van der Waals surface area contributed by atoms with Gasteiger partial charge in [0.2, 0.25) is 0 Å². The molecule has 1 aromatic carbocycles. The van der Waals surface area contributed by atoms with Crippen LogP contribution < -0.4 is 0 Å². The Hall–Kier alpha value is -3.34. The van der Waals surface area contributed by atoms with E-state index in [0.29, 0.717) is 5.57 Å². The van der Waals surface area contributed by atoms with Crippen LogP contribution in [-0.4, -0.2) is 75.1 Å². The number of likely N-dealkylation sites (tertiary alicyclic amines) is 1. The first kappa shape index (κ1) is 23.3. The highest BCUT2D eigenvalue weighted by Crippen LogP contribution is 2.37. The van der Waals surface area contributed by atoms with Crippen LogP contribution >= 0.6 is 0 Å². The smallest absolute Gasteiger partial charge is 0.354 e. The van der Waals surface area contributed by atoms with E-state index in [1.165, 1.54) is 19.2 Å². The summed E-state index contributed by atoms with van der Waals surface area (Å²) in [6, 6.07) is 4.73. The fourth-order valence-corrected chi connectivity index (χ4v) is 5.27. The van der Waals surface area contributed by atoms with Crippen molar-refractivity contribution >= 4 is 40.5 Å². The Morgan fingerprint density at radius 3 is 2.03 bits per heavy atom. The molecule has 1 fully saturated rings. The van der Waals surface area contributed by atoms with Crippen molar-refractivity contribution in [3.8, 4) is 0 Å². The minimum Gasteiger partial charge on any atom is -0.469 e. The van der Waals surface area contributed by atoms with E-state index < -0.39 is 51.9 Å². The highest BCUT2D eigenvalue weighted by Gasteiger charge is 2.60. The maximum Gasteiger partial charge on any atom is 0.354 e. The average molecular weight is 462 g/mol. The molecule has 0 saturated carbocycles. The van der Waals surface area contributed by atoms with Crippen LogP contribution in [0.3, 0.4) is 0 Å². The molecule has 0 aliphatic carbocycles. The van der Waals surface area contributed by atoms with Crippen LogP contribution in [0.1, 0.15) is 41.0 Å². The standard InChI is InChI=1S/C21H22N2O8S/c1-11(2)15(21(28)31-4)23-19(27)16(20(23)32(29)10-9-14(24)30-3)22-17(25)12-7-5-6-8-13(12)18(22)26/h5-8,16,20H,9-10H2,1-4H3. The summed E-state index contributed by atoms with van der Waals surface area (Å²) in [6.45, 7) is 3.15. The number of allylic oxidation sites excluding steroid dienone is 1. The molecular weight excluding hydrogens is 440 g/mol. The molecule has 0 radical (unpaired) electrons. The fourth-order valence-electron chi connectivity index (χ4n) is 3.69. The minimum absolute atomic E-state index is 0.123. The number of esters is 2. The molecule has 3 amide bonds. The number of rotatable bonds is 7. The van der Waals surface area contributed by atoms with E-state index in [9.17, 15) is 28.2 Å². The van der Waals surface area contributed by atoms with Gasteiger partial charge in [-0.25, -0.2) is 4.79 Å². The first-order chi connectivity index (χ1) is 15.1. The molecule has 170 valence electrons. The molecule has 2 aliphatic heterocycles. The van der Waals surface area contributed by atoms with Gasteiger partial charge in [-0.3, -0.25) is 33.2 Å². The van der Waals surface area contributed by atoms with Gasteiger partial charge in [0.25, 0.3) is 17.7 Å².